The van der Waals surface area contributed by atoms with Gasteiger partial charge in [-0.15, -0.1) is 0 Å². The van der Waals surface area contributed by atoms with Crippen molar-refractivity contribution in [1.29, 1.82) is 0 Å². The van der Waals surface area contributed by atoms with Crippen molar-refractivity contribution in [2.45, 2.75) is 12.6 Å². The van der Waals surface area contributed by atoms with Crippen molar-refractivity contribution in [1.82, 2.24) is 14.9 Å². The highest BCUT2D eigenvalue weighted by molar-refractivity contribution is 5.76. The molecule has 1 aromatic heterocycles. The summed E-state index contributed by atoms with van der Waals surface area (Å²) in [5.41, 5.74) is 10.7. The normalized spacial score (nSPS) is 10.5. The van der Waals surface area contributed by atoms with E-state index in [0.717, 1.165) is 4.57 Å². The van der Waals surface area contributed by atoms with Gasteiger partial charge in [-0.1, -0.05) is 4.98 Å². The van der Waals surface area contributed by atoms with E-state index in [1.807, 2.05) is 0 Å². The molecule has 17 heavy (non-hydrogen) atoms. The van der Waals surface area contributed by atoms with Gasteiger partial charge in [0.15, 0.2) is 6.54 Å². The summed E-state index contributed by atoms with van der Waals surface area (Å²) in [5, 5.41) is 13.1. The van der Waals surface area contributed by atoms with Crippen molar-refractivity contribution in [2.24, 2.45) is 11.5 Å². The predicted octanol–water partition coefficient (Wildman–Crippen LogP) is -1.81. The van der Waals surface area contributed by atoms with Crippen LogP contribution >= 0.6 is 0 Å². The minimum absolute atomic E-state index is 0.188. The third-order valence-corrected chi connectivity index (χ3v) is 2.10. The van der Waals surface area contributed by atoms with Crippen LogP contribution in [0.5, 0.6) is 0 Å². The van der Waals surface area contributed by atoms with E-state index >= 15 is 0 Å². The fourth-order valence-electron chi connectivity index (χ4n) is 1.24. The summed E-state index contributed by atoms with van der Waals surface area (Å²) in [4.78, 5) is 24.9. The Morgan fingerprint density at radius 2 is 2.24 bits per heavy atom. The van der Waals surface area contributed by atoms with Gasteiger partial charge in [0.25, 0.3) is 5.91 Å². The van der Waals surface area contributed by atoms with E-state index in [2.05, 4.69) is 10.3 Å². The van der Waals surface area contributed by atoms with Crippen LogP contribution in [-0.4, -0.2) is 39.5 Å². The lowest BCUT2D eigenvalue weighted by Gasteiger charge is -2.13. The van der Waals surface area contributed by atoms with Crippen molar-refractivity contribution in [3.05, 3.63) is 22.5 Å². The molecule has 0 aliphatic rings. The Morgan fingerprint density at radius 3 is 2.76 bits per heavy atom. The Labute approximate surface area is 96.9 Å². The summed E-state index contributed by atoms with van der Waals surface area (Å²) in [7, 11) is 0. The summed E-state index contributed by atoms with van der Waals surface area (Å²) < 4.78 is 1.14. The zero-order valence-corrected chi connectivity index (χ0v) is 9.07. The standard InChI is InChI=1S/C8H14N6O3/c9-3-6(4-10)12-7(15)5-13-2-1-11-8(13)14(16)17/h1-2,6H,3-5,9-10H2,(H,12,15). The molecule has 0 bridgehead atoms. The number of rotatable bonds is 6. The molecule has 9 heteroatoms. The van der Waals surface area contributed by atoms with Crippen LogP contribution in [0.2, 0.25) is 0 Å². The molecule has 0 unspecified atom stereocenters. The highest BCUT2D eigenvalue weighted by atomic mass is 16.6. The van der Waals surface area contributed by atoms with Crippen LogP contribution in [0.25, 0.3) is 0 Å². The van der Waals surface area contributed by atoms with Crippen molar-refractivity contribution >= 4 is 11.9 Å². The van der Waals surface area contributed by atoms with Crippen LogP contribution in [0.3, 0.4) is 0 Å². The molecule has 0 fully saturated rings. The van der Waals surface area contributed by atoms with E-state index in [1.54, 1.807) is 0 Å². The second-order valence-electron chi connectivity index (χ2n) is 3.35. The van der Waals surface area contributed by atoms with E-state index in [-0.39, 0.29) is 31.6 Å². The molecule has 0 aromatic carbocycles. The summed E-state index contributed by atoms with van der Waals surface area (Å²) >= 11 is 0. The minimum Gasteiger partial charge on any atom is -0.390 e. The molecule has 1 rings (SSSR count). The van der Waals surface area contributed by atoms with Crippen LogP contribution in [-0.2, 0) is 11.3 Å². The van der Waals surface area contributed by atoms with E-state index < -0.39 is 10.8 Å². The number of amides is 1. The molecule has 0 saturated carbocycles. The number of nitro groups is 1. The van der Waals surface area contributed by atoms with Crippen LogP contribution in [0.1, 0.15) is 0 Å². The zero-order valence-electron chi connectivity index (χ0n) is 9.07. The molecule has 0 saturated heterocycles. The van der Waals surface area contributed by atoms with Crippen molar-refractivity contribution in [3.8, 4) is 0 Å². The maximum absolute atomic E-state index is 11.5. The number of imidazole rings is 1. The first-order valence-electron chi connectivity index (χ1n) is 4.93. The van der Waals surface area contributed by atoms with Gasteiger partial charge in [0.05, 0.1) is 6.04 Å². The van der Waals surface area contributed by atoms with E-state index in [1.165, 1.54) is 12.4 Å². The number of carbonyl (C=O) groups excluding carboxylic acids is 1. The van der Waals surface area contributed by atoms with Crippen LogP contribution < -0.4 is 16.8 Å². The van der Waals surface area contributed by atoms with Crippen LogP contribution in [0, 0.1) is 10.1 Å². The smallest absolute Gasteiger partial charge is 0.390 e. The average Bonchev–Trinajstić information content (AvgIpc) is 2.74. The van der Waals surface area contributed by atoms with Crippen molar-refractivity contribution in [3.63, 3.8) is 0 Å². The monoisotopic (exact) mass is 242 g/mol. The largest absolute Gasteiger partial charge is 0.435 e. The number of carbonyl (C=O) groups is 1. The Balaban J connectivity index is 2.62. The molecule has 1 aromatic rings. The first kappa shape index (κ1) is 13.1. The molecule has 9 nitrogen and oxygen atoms in total. The lowest BCUT2D eigenvalue weighted by atomic mass is 10.3. The molecule has 1 amide bonds. The van der Waals surface area contributed by atoms with Gasteiger partial charge in [-0.25, -0.2) is 4.57 Å². The summed E-state index contributed by atoms with van der Waals surface area (Å²) in [5.74, 6) is -0.774. The topological polar surface area (TPSA) is 142 Å². The fourth-order valence-corrected chi connectivity index (χ4v) is 1.24. The molecule has 0 aliphatic heterocycles. The quantitative estimate of drug-likeness (QED) is 0.396. The molecule has 5 N–H and O–H groups in total. The van der Waals surface area contributed by atoms with E-state index in [4.69, 9.17) is 11.5 Å². The van der Waals surface area contributed by atoms with Gasteiger partial charge < -0.3 is 26.9 Å². The number of aromatic nitrogens is 2. The van der Waals surface area contributed by atoms with Gasteiger partial charge in [0, 0.05) is 13.1 Å². The molecule has 0 spiro atoms. The first-order chi connectivity index (χ1) is 8.08. The highest BCUT2D eigenvalue weighted by Gasteiger charge is 2.18. The second-order valence-corrected chi connectivity index (χ2v) is 3.35. The Bertz CT molecular complexity index is 400. The van der Waals surface area contributed by atoms with Gasteiger partial charge in [-0.2, -0.15) is 0 Å². The Hall–Kier alpha value is -2.00. The van der Waals surface area contributed by atoms with Gasteiger partial charge in [-0.05, 0) is 4.92 Å². The molecule has 0 aliphatic carbocycles. The average molecular weight is 242 g/mol. The van der Waals surface area contributed by atoms with Gasteiger partial charge >= 0.3 is 5.95 Å². The van der Waals surface area contributed by atoms with Gasteiger partial charge in [-0.3, -0.25) is 4.79 Å². The van der Waals surface area contributed by atoms with Crippen LogP contribution in [0.15, 0.2) is 12.4 Å². The predicted molar refractivity (Wildman–Crippen MR) is 58.9 cm³/mol. The van der Waals surface area contributed by atoms with Gasteiger partial charge in [0.2, 0.25) is 0 Å². The minimum atomic E-state index is -0.656. The maximum atomic E-state index is 11.5. The fraction of sp³-hybridized carbons (Fsp3) is 0.500. The SMILES string of the molecule is NCC(CN)NC(=O)Cn1ccnc1[N+](=O)[O-]. The summed E-state index contributed by atoms with van der Waals surface area (Å²) in [6.45, 7) is 0.245. The van der Waals surface area contributed by atoms with Crippen molar-refractivity contribution in [2.75, 3.05) is 13.1 Å². The third kappa shape index (κ3) is 3.50. The Kier molecular flexibility index (Phi) is 4.55. The number of nitrogens with one attached hydrogen (secondary N) is 1. The molecular weight excluding hydrogens is 228 g/mol. The lowest BCUT2D eigenvalue weighted by molar-refractivity contribution is -0.396. The number of nitrogens with two attached hydrogens (primary N) is 2. The number of nitrogens with zero attached hydrogens (tertiary/aromatic N) is 3. The Morgan fingerprint density at radius 1 is 1.59 bits per heavy atom. The van der Waals surface area contributed by atoms with E-state index in [9.17, 15) is 14.9 Å². The third-order valence-electron chi connectivity index (χ3n) is 2.10. The maximum Gasteiger partial charge on any atom is 0.435 e. The molecule has 0 atom stereocenters. The number of hydrogen-bond donors (Lipinski definition) is 3. The lowest BCUT2D eigenvalue weighted by Crippen LogP contribution is -2.46. The van der Waals surface area contributed by atoms with E-state index in [0.29, 0.717) is 0 Å². The van der Waals surface area contributed by atoms with Crippen molar-refractivity contribution < 1.29 is 9.72 Å². The highest BCUT2D eigenvalue weighted by Crippen LogP contribution is 2.06. The first-order valence-corrected chi connectivity index (χ1v) is 4.93. The summed E-state index contributed by atoms with van der Waals surface area (Å²) in [6, 6.07) is -0.329. The summed E-state index contributed by atoms with van der Waals surface area (Å²) in [6.07, 6.45) is 2.62. The molecule has 1 heterocycles. The van der Waals surface area contributed by atoms with Crippen LogP contribution in [0.4, 0.5) is 5.95 Å². The molecule has 94 valence electrons. The zero-order chi connectivity index (χ0) is 12.8. The molecule has 0 radical (unpaired) electrons. The van der Waals surface area contributed by atoms with Gasteiger partial charge in [0.1, 0.15) is 12.4 Å². The second kappa shape index (κ2) is 5.92. The molecular formula is C8H14N6O3. The number of hydrogen-bond acceptors (Lipinski definition) is 6.